The highest BCUT2D eigenvalue weighted by molar-refractivity contribution is 7.91. The van der Waals surface area contributed by atoms with Gasteiger partial charge in [-0.25, -0.2) is 12.8 Å². The number of rotatable bonds is 7. The standard InChI is InChI=1S/C28H24FN3O3S/c1-20-4-2-6-26(16-20)36(34,35)27-14-11-24(28(33)30-15-3-5-22-18-31-32-19-22)17-23(27)10-7-21-8-12-25(29)13-9-21/h2,4,6,8-9,11-14,16-19H,3,5,15H2,1H3,(H,30,33)(H,31,32). The molecule has 0 spiro atoms. The molecule has 36 heavy (non-hydrogen) atoms. The highest BCUT2D eigenvalue weighted by Gasteiger charge is 2.22. The van der Waals surface area contributed by atoms with Crippen LogP contribution in [0.4, 0.5) is 4.39 Å². The molecule has 0 aliphatic rings. The van der Waals surface area contributed by atoms with Crippen molar-refractivity contribution in [1.82, 2.24) is 15.5 Å². The SMILES string of the molecule is Cc1cccc(S(=O)(=O)c2ccc(C(=O)NCCCc3cn[nH]c3)cc2C#Cc2ccc(F)cc2)c1. The molecule has 1 heterocycles. The molecule has 0 aliphatic heterocycles. The zero-order chi connectivity index (χ0) is 25.5. The maximum atomic E-state index is 13.4. The Labute approximate surface area is 209 Å². The second kappa shape index (κ2) is 11.0. The van der Waals surface area contributed by atoms with Gasteiger partial charge in [-0.2, -0.15) is 5.10 Å². The van der Waals surface area contributed by atoms with E-state index in [1.807, 2.05) is 13.0 Å². The molecular formula is C28H24FN3O3S. The summed E-state index contributed by atoms with van der Waals surface area (Å²) in [5.74, 6) is 5.03. The van der Waals surface area contributed by atoms with Crippen LogP contribution < -0.4 is 5.32 Å². The lowest BCUT2D eigenvalue weighted by Crippen LogP contribution is -2.25. The van der Waals surface area contributed by atoms with E-state index < -0.39 is 15.7 Å². The fourth-order valence-corrected chi connectivity index (χ4v) is 5.10. The number of carbonyl (C=O) groups is 1. The maximum absolute atomic E-state index is 13.4. The number of carbonyl (C=O) groups excluding carboxylic acids is 1. The van der Waals surface area contributed by atoms with Gasteiger partial charge in [-0.15, -0.1) is 0 Å². The van der Waals surface area contributed by atoms with Crippen molar-refractivity contribution >= 4 is 15.7 Å². The molecule has 0 radical (unpaired) electrons. The highest BCUT2D eigenvalue weighted by atomic mass is 32.2. The molecule has 4 aromatic rings. The Balaban J connectivity index is 1.63. The van der Waals surface area contributed by atoms with Gasteiger partial charge in [-0.3, -0.25) is 9.89 Å². The molecular weight excluding hydrogens is 477 g/mol. The molecule has 4 rings (SSSR count). The van der Waals surface area contributed by atoms with Crippen LogP contribution in [0.1, 0.15) is 39.0 Å². The van der Waals surface area contributed by atoms with Crippen molar-refractivity contribution in [2.75, 3.05) is 6.54 Å². The first-order chi connectivity index (χ1) is 17.3. The fraction of sp³-hybridized carbons (Fsp3) is 0.143. The van der Waals surface area contributed by atoms with Crippen molar-refractivity contribution in [2.45, 2.75) is 29.6 Å². The smallest absolute Gasteiger partial charge is 0.251 e. The van der Waals surface area contributed by atoms with Crippen LogP contribution in [0.25, 0.3) is 0 Å². The topological polar surface area (TPSA) is 91.9 Å². The molecule has 0 bridgehead atoms. The third kappa shape index (κ3) is 6.06. The van der Waals surface area contributed by atoms with Crippen LogP contribution >= 0.6 is 0 Å². The first-order valence-corrected chi connectivity index (χ1v) is 12.8. The monoisotopic (exact) mass is 501 g/mol. The van der Waals surface area contributed by atoms with Gasteiger partial charge in [0.1, 0.15) is 5.82 Å². The predicted octanol–water partition coefficient (Wildman–Crippen LogP) is 4.45. The number of aryl methyl sites for hydroxylation is 2. The lowest BCUT2D eigenvalue weighted by atomic mass is 10.1. The van der Waals surface area contributed by atoms with E-state index in [1.54, 1.807) is 24.5 Å². The second-order valence-corrected chi connectivity index (χ2v) is 10.2. The average molecular weight is 502 g/mol. The summed E-state index contributed by atoms with van der Waals surface area (Å²) in [6, 6.07) is 16.6. The second-order valence-electron chi connectivity index (χ2n) is 8.25. The number of benzene rings is 3. The molecule has 0 fully saturated rings. The number of amides is 1. The van der Waals surface area contributed by atoms with Crippen molar-refractivity contribution in [3.8, 4) is 11.8 Å². The summed E-state index contributed by atoms with van der Waals surface area (Å²) in [4.78, 5) is 12.9. The van der Waals surface area contributed by atoms with E-state index in [0.717, 1.165) is 24.0 Å². The quantitative estimate of drug-likeness (QED) is 0.289. The zero-order valence-electron chi connectivity index (χ0n) is 19.6. The van der Waals surface area contributed by atoms with E-state index in [4.69, 9.17) is 0 Å². The first-order valence-electron chi connectivity index (χ1n) is 11.3. The van der Waals surface area contributed by atoms with Gasteiger partial charge in [0.15, 0.2) is 0 Å². The Bertz CT molecular complexity index is 1540. The van der Waals surface area contributed by atoms with E-state index in [9.17, 15) is 17.6 Å². The van der Waals surface area contributed by atoms with Gasteiger partial charge in [0.05, 0.1) is 16.0 Å². The minimum absolute atomic E-state index is 0.000723. The van der Waals surface area contributed by atoms with Crippen LogP contribution in [-0.4, -0.2) is 31.1 Å². The number of hydrogen-bond donors (Lipinski definition) is 2. The summed E-state index contributed by atoms with van der Waals surface area (Å²) in [5, 5.41) is 9.51. The number of nitrogens with one attached hydrogen (secondary N) is 2. The summed E-state index contributed by atoms with van der Waals surface area (Å²) >= 11 is 0. The molecule has 0 atom stereocenters. The molecule has 182 valence electrons. The normalized spacial score (nSPS) is 10.9. The first kappa shape index (κ1) is 24.9. The molecule has 2 N–H and O–H groups in total. The highest BCUT2D eigenvalue weighted by Crippen LogP contribution is 2.25. The zero-order valence-corrected chi connectivity index (χ0v) is 20.4. The van der Waals surface area contributed by atoms with Crippen LogP contribution in [0.3, 0.4) is 0 Å². The molecule has 0 saturated heterocycles. The number of halogens is 1. The summed E-state index contributed by atoms with van der Waals surface area (Å²) in [5.41, 5.74) is 2.86. The van der Waals surface area contributed by atoms with Gasteiger partial charge in [0.2, 0.25) is 9.84 Å². The summed E-state index contributed by atoms with van der Waals surface area (Å²) in [6.07, 6.45) is 5.03. The number of hydrogen-bond acceptors (Lipinski definition) is 4. The molecule has 0 saturated carbocycles. The number of aromatic amines is 1. The molecule has 6 nitrogen and oxygen atoms in total. The summed E-state index contributed by atoms with van der Waals surface area (Å²) in [6.45, 7) is 2.26. The minimum Gasteiger partial charge on any atom is -0.352 e. The van der Waals surface area contributed by atoms with Crippen molar-refractivity contribution in [3.63, 3.8) is 0 Å². The van der Waals surface area contributed by atoms with E-state index in [1.165, 1.54) is 48.5 Å². The van der Waals surface area contributed by atoms with Crippen LogP contribution in [0.5, 0.6) is 0 Å². The van der Waals surface area contributed by atoms with Crippen LogP contribution in [-0.2, 0) is 16.3 Å². The van der Waals surface area contributed by atoms with Crippen molar-refractivity contribution in [3.05, 3.63) is 113 Å². The summed E-state index contributed by atoms with van der Waals surface area (Å²) < 4.78 is 40.1. The number of aromatic nitrogens is 2. The fourth-order valence-electron chi connectivity index (χ4n) is 3.60. The van der Waals surface area contributed by atoms with Gasteiger partial charge < -0.3 is 5.32 Å². The summed E-state index contributed by atoms with van der Waals surface area (Å²) in [7, 11) is -3.89. The Hall–Kier alpha value is -4.22. The Morgan fingerprint density at radius 2 is 1.86 bits per heavy atom. The molecule has 1 amide bonds. The van der Waals surface area contributed by atoms with Gasteiger partial charge in [-0.1, -0.05) is 24.0 Å². The average Bonchev–Trinajstić information content (AvgIpc) is 3.39. The van der Waals surface area contributed by atoms with Crippen LogP contribution in [0.15, 0.2) is 88.9 Å². The Morgan fingerprint density at radius 3 is 2.58 bits per heavy atom. The molecule has 8 heteroatoms. The van der Waals surface area contributed by atoms with Crippen molar-refractivity contribution in [2.24, 2.45) is 0 Å². The third-order valence-corrected chi connectivity index (χ3v) is 7.31. The van der Waals surface area contributed by atoms with Gasteiger partial charge >= 0.3 is 0 Å². The minimum atomic E-state index is -3.89. The van der Waals surface area contributed by atoms with E-state index in [0.29, 0.717) is 17.7 Å². The number of sulfone groups is 1. The van der Waals surface area contributed by atoms with E-state index in [2.05, 4.69) is 27.4 Å². The lowest BCUT2D eigenvalue weighted by molar-refractivity contribution is 0.0953. The molecule has 0 aliphatic carbocycles. The van der Waals surface area contributed by atoms with E-state index >= 15 is 0 Å². The van der Waals surface area contributed by atoms with Gasteiger partial charge in [0.25, 0.3) is 5.91 Å². The molecule has 0 unspecified atom stereocenters. The Kier molecular flexibility index (Phi) is 7.62. The van der Waals surface area contributed by atoms with Crippen molar-refractivity contribution in [1.29, 1.82) is 0 Å². The van der Waals surface area contributed by atoms with E-state index in [-0.39, 0.29) is 21.3 Å². The predicted molar refractivity (Wildman–Crippen MR) is 135 cm³/mol. The third-order valence-electron chi connectivity index (χ3n) is 5.50. The van der Waals surface area contributed by atoms with Crippen LogP contribution in [0.2, 0.25) is 0 Å². The van der Waals surface area contributed by atoms with Crippen molar-refractivity contribution < 1.29 is 17.6 Å². The number of H-pyrrole nitrogens is 1. The maximum Gasteiger partial charge on any atom is 0.251 e. The van der Waals surface area contributed by atoms with Gasteiger partial charge in [-0.05, 0) is 85.5 Å². The Morgan fingerprint density at radius 1 is 1.06 bits per heavy atom. The molecule has 3 aromatic carbocycles. The lowest BCUT2D eigenvalue weighted by Gasteiger charge is -2.10. The largest absolute Gasteiger partial charge is 0.352 e. The van der Waals surface area contributed by atoms with Gasteiger partial charge in [0, 0.05) is 29.4 Å². The molecule has 1 aromatic heterocycles. The number of nitrogens with zero attached hydrogens (tertiary/aromatic N) is 1. The van der Waals surface area contributed by atoms with Crippen LogP contribution in [0, 0.1) is 24.6 Å².